The van der Waals surface area contributed by atoms with Crippen LogP contribution in [0.2, 0.25) is 0 Å². The Morgan fingerprint density at radius 2 is 1.33 bits per heavy atom. The van der Waals surface area contributed by atoms with Crippen molar-refractivity contribution in [3.8, 4) is 0 Å². The zero-order valence-electron chi connectivity index (χ0n) is 27.6. The molecule has 0 amide bonds. The molecule has 4 aliphatic rings. The van der Waals surface area contributed by atoms with Crippen molar-refractivity contribution in [2.45, 2.75) is 60.8 Å². The number of benzene rings is 1. The van der Waals surface area contributed by atoms with Gasteiger partial charge in [0.25, 0.3) is 0 Å². The molecular weight excluding hydrogens is 684 g/mol. The Bertz CT molecular complexity index is 1330. The number of halogens is 2. The van der Waals surface area contributed by atoms with Gasteiger partial charge in [-0.15, -0.1) is 0 Å². The van der Waals surface area contributed by atoms with Crippen LogP contribution in [-0.4, -0.2) is 45.2 Å². The van der Waals surface area contributed by atoms with Crippen LogP contribution in [-0.2, 0) is 13.5 Å². The fourth-order valence-electron chi connectivity index (χ4n) is 6.19. The predicted molar refractivity (Wildman–Crippen MR) is 193 cm³/mol. The van der Waals surface area contributed by atoms with Crippen LogP contribution in [0, 0.1) is 18.5 Å². The molecule has 1 aromatic heterocycles. The molecule has 1 aromatic carbocycles. The van der Waals surface area contributed by atoms with Crippen molar-refractivity contribution < 1.29 is 13.5 Å². The van der Waals surface area contributed by atoms with E-state index in [2.05, 4.69) is 86.2 Å². The van der Waals surface area contributed by atoms with Gasteiger partial charge in [-0.25, -0.2) is 0 Å². The first-order valence-corrected chi connectivity index (χ1v) is 21.2. The number of aromatic nitrogens is 1. The standard InChI is InChI=1S/C21H31N2.C7H6.C5H7N.C5H5N.2ClH.Ru/c1-14-9-16(3)20(17(4)10-14)22-7-8-23(13-22)21-18(5)11-15(2)12-19(21)6;1-7-5-3-2-4-6-7;2*1-2-4-6-5-3-1;;;/h9,11,13,17,19H,7-8,10,12H2,1-6H3;1-6H;1-2,4H,3,5H2;1-5H;2*1H;/q-1;;;;;;+2/p-2/t17-,19+;;;;;;. The van der Waals surface area contributed by atoms with E-state index < -0.39 is 13.5 Å². The second-order valence-corrected chi connectivity index (χ2v) is 17.6. The van der Waals surface area contributed by atoms with Gasteiger partial charge in [0.1, 0.15) is 0 Å². The van der Waals surface area contributed by atoms with Gasteiger partial charge in [0.05, 0.1) is 0 Å². The van der Waals surface area contributed by atoms with Gasteiger partial charge in [-0.1, -0.05) is 49.3 Å². The number of aliphatic imine (C=N–C) groups is 1. The predicted octanol–water partition coefficient (Wildman–Crippen LogP) is 10.1. The van der Waals surface area contributed by atoms with Gasteiger partial charge < -0.3 is 9.80 Å². The van der Waals surface area contributed by atoms with Gasteiger partial charge in [0.2, 0.25) is 0 Å². The van der Waals surface area contributed by atoms with Crippen LogP contribution in [0.5, 0.6) is 0 Å². The molecule has 0 saturated carbocycles. The van der Waals surface area contributed by atoms with Gasteiger partial charge in [-0.3, -0.25) is 9.98 Å². The van der Waals surface area contributed by atoms with E-state index in [-0.39, 0.29) is 0 Å². The smallest absolute Gasteiger partial charge is 0.0267 e. The fourth-order valence-corrected chi connectivity index (χ4v) is 8.02. The Kier molecular flexibility index (Phi) is 16.2. The van der Waals surface area contributed by atoms with Crippen LogP contribution in [0.3, 0.4) is 0 Å². The molecule has 2 aliphatic heterocycles. The molecule has 0 unspecified atom stereocenters. The van der Waals surface area contributed by atoms with Crippen molar-refractivity contribution in [3.63, 3.8) is 0 Å². The van der Waals surface area contributed by atoms with Crippen molar-refractivity contribution in [2.75, 3.05) is 19.6 Å². The molecule has 0 bridgehead atoms. The van der Waals surface area contributed by atoms with Crippen LogP contribution in [0.25, 0.3) is 0 Å². The molecule has 3 heterocycles. The normalized spacial score (nSPS) is 20.9. The molecule has 0 radical (unpaired) electrons. The molecule has 7 heteroatoms. The average Bonchev–Trinajstić information content (AvgIpc) is 3.48. The number of dihydropyridines is 1. The molecular formula is C38H49Cl2N4Ru-. The monoisotopic (exact) mass is 733 g/mol. The molecule has 2 atom stereocenters. The summed E-state index contributed by atoms with van der Waals surface area (Å²) in [6, 6.07) is 15.6. The number of allylic oxidation sites excluding steroid dienone is 9. The molecule has 1 fully saturated rings. The van der Waals surface area contributed by atoms with Gasteiger partial charge >= 0.3 is 73.4 Å². The van der Waals surface area contributed by atoms with Gasteiger partial charge in [-0.05, 0) is 99.5 Å². The third-order valence-corrected chi connectivity index (χ3v) is 9.59. The number of nitrogens with zero attached hydrogens (tertiary/aromatic N) is 4. The number of pyridine rings is 1. The summed E-state index contributed by atoms with van der Waals surface area (Å²) in [4.78, 5) is 12.8. The molecule has 2 aromatic rings. The van der Waals surface area contributed by atoms with Crippen molar-refractivity contribution >= 4 is 30.2 Å². The van der Waals surface area contributed by atoms with E-state index in [4.69, 9.17) is 19.4 Å². The number of hydrogen-bond acceptors (Lipinski definition) is 4. The van der Waals surface area contributed by atoms with Gasteiger partial charge in [-0.2, -0.15) is 6.67 Å². The Hall–Kier alpha value is -2.59. The topological polar surface area (TPSA) is 31.7 Å². The molecule has 2 aliphatic carbocycles. The van der Waals surface area contributed by atoms with Crippen LogP contribution >= 0.6 is 19.4 Å². The van der Waals surface area contributed by atoms with E-state index in [1.807, 2.05) is 65.4 Å². The molecule has 6 rings (SSSR count). The maximum atomic E-state index is 5.67. The summed E-state index contributed by atoms with van der Waals surface area (Å²) in [5.41, 5.74) is 10.1. The summed E-state index contributed by atoms with van der Waals surface area (Å²) in [7, 11) is 11.3. The van der Waals surface area contributed by atoms with Crippen molar-refractivity contribution in [2.24, 2.45) is 16.8 Å². The van der Waals surface area contributed by atoms with Gasteiger partial charge in [0, 0.05) is 38.2 Å². The van der Waals surface area contributed by atoms with Crippen molar-refractivity contribution in [1.82, 2.24) is 14.8 Å². The van der Waals surface area contributed by atoms with Crippen molar-refractivity contribution in [3.05, 3.63) is 131 Å². The Labute approximate surface area is 285 Å². The summed E-state index contributed by atoms with van der Waals surface area (Å²) in [5, 5.41) is 0. The van der Waals surface area contributed by atoms with Crippen LogP contribution < -0.4 is 0 Å². The fraction of sp³-hybridized carbons (Fsp3) is 0.368. The first-order valence-electron chi connectivity index (χ1n) is 15.7. The van der Waals surface area contributed by atoms with E-state index in [0.717, 1.165) is 31.6 Å². The minimum absolute atomic E-state index is 0.622. The zero-order chi connectivity index (χ0) is 32.6. The molecule has 0 N–H and O–H groups in total. The maximum Gasteiger partial charge on any atom is 0.0267 e. The van der Waals surface area contributed by atoms with E-state index >= 15 is 0 Å². The summed E-state index contributed by atoms with van der Waals surface area (Å²) in [5.74, 6) is 1.24. The quantitative estimate of drug-likeness (QED) is 0.233. The van der Waals surface area contributed by atoms with E-state index in [0.29, 0.717) is 11.8 Å². The third kappa shape index (κ3) is 13.0. The first kappa shape index (κ1) is 36.9. The summed E-state index contributed by atoms with van der Waals surface area (Å²) >= 11 is -1.61. The molecule has 244 valence electrons. The average molecular weight is 734 g/mol. The molecule has 45 heavy (non-hydrogen) atoms. The second kappa shape index (κ2) is 19.8. The Morgan fingerprint density at radius 3 is 1.67 bits per heavy atom. The van der Waals surface area contributed by atoms with Crippen LogP contribution in [0.15, 0.2) is 124 Å². The second-order valence-electron chi connectivity index (χ2n) is 11.8. The van der Waals surface area contributed by atoms with Crippen LogP contribution in [0.4, 0.5) is 0 Å². The number of hydrogen-bond donors (Lipinski definition) is 0. The largest absolute Gasteiger partial charge is 0.265 e. The zero-order valence-corrected chi connectivity index (χ0v) is 30.9. The Balaban J connectivity index is 0.000000203. The Morgan fingerprint density at radius 1 is 0.800 bits per heavy atom. The molecule has 4 nitrogen and oxygen atoms in total. The molecule has 1 saturated heterocycles. The SMILES string of the molecule is C1=CCCN=C1.CC1=CC(C)=C(N2[CH-]N(C3=C(C)C=C(C)C[C@@H]3C)CC2)[C@H](C)C1.[Cl][Ru]([Cl])=[CH]c1ccccc1.c1ccncc1. The van der Waals surface area contributed by atoms with Crippen molar-refractivity contribution in [1.29, 1.82) is 0 Å². The van der Waals surface area contributed by atoms with E-state index in [1.54, 1.807) is 12.4 Å². The minimum Gasteiger partial charge on any atom is -0.265 e. The summed E-state index contributed by atoms with van der Waals surface area (Å²) in [6.45, 7) is 19.3. The van der Waals surface area contributed by atoms with Crippen LogP contribution in [0.1, 0.15) is 66.4 Å². The first-order chi connectivity index (χ1) is 21.7. The minimum atomic E-state index is -1.61. The summed E-state index contributed by atoms with van der Waals surface area (Å²) in [6.07, 6.45) is 17.7. The summed E-state index contributed by atoms with van der Waals surface area (Å²) < 4.78 is 1.92. The van der Waals surface area contributed by atoms with Gasteiger partial charge in [0.15, 0.2) is 0 Å². The van der Waals surface area contributed by atoms with E-state index in [1.165, 1.54) is 46.5 Å². The maximum absolute atomic E-state index is 5.67. The third-order valence-electron chi connectivity index (χ3n) is 7.72. The molecule has 0 spiro atoms. The number of rotatable bonds is 3. The van der Waals surface area contributed by atoms with E-state index in [9.17, 15) is 0 Å².